The van der Waals surface area contributed by atoms with Crippen LogP contribution in [0.1, 0.15) is 26.7 Å². The molecule has 1 rings (SSSR count). The third-order valence-electron chi connectivity index (χ3n) is 3.03. The number of nitrogens with one attached hydrogen (secondary N) is 2. The van der Waals surface area contributed by atoms with Gasteiger partial charge in [-0.1, -0.05) is 13.8 Å². The second-order valence-corrected chi connectivity index (χ2v) is 4.95. The van der Waals surface area contributed by atoms with Gasteiger partial charge in [0, 0.05) is 0 Å². The highest BCUT2D eigenvalue weighted by atomic mass is 16.5. The van der Waals surface area contributed by atoms with E-state index in [0.29, 0.717) is 0 Å². The predicted molar refractivity (Wildman–Crippen MR) is 67.8 cm³/mol. The maximum Gasteiger partial charge on any atom is 0.246 e. The minimum Gasteiger partial charge on any atom is -0.368 e. The molecule has 1 atom stereocenters. The zero-order chi connectivity index (χ0) is 13.5. The Hall–Kier alpha value is -1.14. The first-order valence-corrected chi connectivity index (χ1v) is 6.41. The van der Waals surface area contributed by atoms with Gasteiger partial charge in [0.05, 0.1) is 6.10 Å². The van der Waals surface area contributed by atoms with Crippen LogP contribution in [0, 0.1) is 5.92 Å². The molecular formula is C12H23N3O3. The van der Waals surface area contributed by atoms with Gasteiger partial charge in [-0.15, -0.1) is 0 Å². The third kappa shape index (κ3) is 5.01. The van der Waals surface area contributed by atoms with E-state index in [1.165, 1.54) is 0 Å². The Kier molecular flexibility index (Phi) is 6.07. The molecule has 0 aromatic carbocycles. The molecule has 18 heavy (non-hydrogen) atoms. The minimum atomic E-state index is -0.630. The van der Waals surface area contributed by atoms with Crippen LogP contribution in [-0.4, -0.2) is 43.7 Å². The Morgan fingerprint density at radius 2 is 2.00 bits per heavy atom. The molecule has 4 N–H and O–H groups in total. The van der Waals surface area contributed by atoms with Crippen LogP contribution in [0.3, 0.4) is 0 Å². The first-order valence-electron chi connectivity index (χ1n) is 6.41. The van der Waals surface area contributed by atoms with Crippen LogP contribution in [-0.2, 0) is 14.3 Å². The quantitative estimate of drug-likeness (QED) is 0.591. The van der Waals surface area contributed by atoms with Gasteiger partial charge in [0.1, 0.15) is 12.6 Å². The van der Waals surface area contributed by atoms with Gasteiger partial charge in [0.2, 0.25) is 11.8 Å². The van der Waals surface area contributed by atoms with Crippen molar-refractivity contribution in [2.75, 3.05) is 19.7 Å². The summed E-state index contributed by atoms with van der Waals surface area (Å²) >= 11 is 0. The number of nitrogens with two attached hydrogens (primary N) is 1. The molecule has 2 amide bonds. The summed E-state index contributed by atoms with van der Waals surface area (Å²) < 4.78 is 5.50. The van der Waals surface area contributed by atoms with Crippen molar-refractivity contribution in [1.29, 1.82) is 0 Å². The van der Waals surface area contributed by atoms with Crippen LogP contribution in [0.5, 0.6) is 0 Å². The molecule has 1 unspecified atom stereocenters. The van der Waals surface area contributed by atoms with Gasteiger partial charge in [-0.05, 0) is 31.8 Å². The minimum absolute atomic E-state index is 0.0127. The Morgan fingerprint density at radius 1 is 1.39 bits per heavy atom. The van der Waals surface area contributed by atoms with E-state index in [1.807, 2.05) is 13.8 Å². The molecule has 0 saturated carbocycles. The normalized spacial score (nSPS) is 18.6. The van der Waals surface area contributed by atoms with Gasteiger partial charge < -0.3 is 21.1 Å². The van der Waals surface area contributed by atoms with Crippen LogP contribution < -0.4 is 16.4 Å². The number of piperidine rings is 1. The van der Waals surface area contributed by atoms with Gasteiger partial charge in [-0.2, -0.15) is 0 Å². The van der Waals surface area contributed by atoms with Crippen LogP contribution >= 0.6 is 0 Å². The molecule has 6 nitrogen and oxygen atoms in total. The van der Waals surface area contributed by atoms with Crippen LogP contribution in [0.25, 0.3) is 0 Å². The molecule has 1 aliphatic heterocycles. The lowest BCUT2D eigenvalue weighted by molar-refractivity contribution is -0.133. The molecule has 0 aromatic rings. The molecule has 1 saturated heterocycles. The highest BCUT2D eigenvalue weighted by molar-refractivity contribution is 5.87. The first-order chi connectivity index (χ1) is 8.50. The van der Waals surface area contributed by atoms with E-state index in [0.717, 1.165) is 25.9 Å². The zero-order valence-electron chi connectivity index (χ0n) is 11.1. The van der Waals surface area contributed by atoms with E-state index in [4.69, 9.17) is 10.5 Å². The lowest BCUT2D eigenvalue weighted by Crippen LogP contribution is -2.49. The van der Waals surface area contributed by atoms with Crippen molar-refractivity contribution in [2.45, 2.75) is 38.8 Å². The number of primary amides is 1. The number of ether oxygens (including phenoxy) is 1. The number of carbonyl (C=O) groups excluding carboxylic acids is 2. The molecule has 0 bridgehead atoms. The molecule has 0 aliphatic carbocycles. The predicted octanol–water partition coefficient (Wildman–Crippen LogP) is -0.619. The average Bonchev–Trinajstić information content (AvgIpc) is 2.34. The summed E-state index contributed by atoms with van der Waals surface area (Å²) in [6.45, 7) is 5.50. The average molecular weight is 257 g/mol. The first kappa shape index (κ1) is 14.9. The second-order valence-electron chi connectivity index (χ2n) is 4.95. The molecular weight excluding hydrogens is 234 g/mol. The van der Waals surface area contributed by atoms with Gasteiger partial charge in [0.25, 0.3) is 0 Å². The largest absolute Gasteiger partial charge is 0.368 e. The van der Waals surface area contributed by atoms with Gasteiger partial charge >= 0.3 is 0 Å². The van der Waals surface area contributed by atoms with E-state index in [1.54, 1.807) is 0 Å². The molecule has 104 valence electrons. The molecule has 6 heteroatoms. The summed E-state index contributed by atoms with van der Waals surface area (Å²) in [4.78, 5) is 22.8. The van der Waals surface area contributed by atoms with E-state index in [-0.39, 0.29) is 24.5 Å². The second kappa shape index (κ2) is 7.33. The van der Waals surface area contributed by atoms with Crippen molar-refractivity contribution in [3.05, 3.63) is 0 Å². The van der Waals surface area contributed by atoms with Crippen molar-refractivity contribution < 1.29 is 14.3 Å². The van der Waals surface area contributed by atoms with Crippen molar-refractivity contribution in [3.63, 3.8) is 0 Å². The molecule has 0 radical (unpaired) electrons. The summed E-state index contributed by atoms with van der Waals surface area (Å²) in [7, 11) is 0. The number of hydrogen-bond donors (Lipinski definition) is 3. The van der Waals surface area contributed by atoms with E-state index in [2.05, 4.69) is 10.6 Å². The van der Waals surface area contributed by atoms with E-state index in [9.17, 15) is 9.59 Å². The number of carbonyl (C=O) groups is 2. The van der Waals surface area contributed by atoms with E-state index < -0.39 is 11.9 Å². The SMILES string of the molecule is CC(C)C(NC(=O)COC1CCNCC1)C(N)=O. The molecule has 0 aromatic heterocycles. The number of amides is 2. The summed E-state index contributed by atoms with van der Waals surface area (Å²) in [6, 6.07) is -0.630. The summed E-state index contributed by atoms with van der Waals surface area (Å²) in [5.74, 6) is -0.823. The van der Waals surface area contributed by atoms with Crippen molar-refractivity contribution in [2.24, 2.45) is 11.7 Å². The fraction of sp³-hybridized carbons (Fsp3) is 0.833. The fourth-order valence-electron chi connectivity index (χ4n) is 1.94. The van der Waals surface area contributed by atoms with Crippen molar-refractivity contribution in [3.8, 4) is 0 Å². The summed E-state index contributed by atoms with van der Waals surface area (Å²) in [5, 5.41) is 5.82. The van der Waals surface area contributed by atoms with Crippen molar-refractivity contribution >= 4 is 11.8 Å². The number of hydrogen-bond acceptors (Lipinski definition) is 4. The highest BCUT2D eigenvalue weighted by Crippen LogP contribution is 2.07. The maximum atomic E-state index is 11.6. The third-order valence-corrected chi connectivity index (χ3v) is 3.03. The number of rotatable bonds is 6. The molecule has 1 aliphatic rings. The lowest BCUT2D eigenvalue weighted by atomic mass is 10.0. The Bertz CT molecular complexity index is 288. The summed E-state index contributed by atoms with van der Waals surface area (Å²) in [6.07, 6.45) is 1.95. The fourth-order valence-corrected chi connectivity index (χ4v) is 1.94. The Balaban J connectivity index is 2.29. The monoisotopic (exact) mass is 257 g/mol. The summed E-state index contributed by atoms with van der Waals surface area (Å²) in [5.41, 5.74) is 5.22. The van der Waals surface area contributed by atoms with Gasteiger partial charge in [-0.25, -0.2) is 0 Å². The zero-order valence-corrected chi connectivity index (χ0v) is 11.1. The van der Waals surface area contributed by atoms with Crippen LogP contribution in [0.4, 0.5) is 0 Å². The highest BCUT2D eigenvalue weighted by Gasteiger charge is 2.22. The van der Waals surface area contributed by atoms with Gasteiger partial charge in [0.15, 0.2) is 0 Å². The van der Waals surface area contributed by atoms with E-state index >= 15 is 0 Å². The molecule has 0 spiro atoms. The smallest absolute Gasteiger partial charge is 0.246 e. The van der Waals surface area contributed by atoms with Crippen LogP contribution in [0.15, 0.2) is 0 Å². The van der Waals surface area contributed by atoms with Crippen molar-refractivity contribution in [1.82, 2.24) is 10.6 Å². The lowest BCUT2D eigenvalue weighted by Gasteiger charge is -2.24. The Morgan fingerprint density at radius 3 is 2.50 bits per heavy atom. The topological polar surface area (TPSA) is 93.4 Å². The van der Waals surface area contributed by atoms with Crippen LogP contribution in [0.2, 0.25) is 0 Å². The Labute approximate surface area is 108 Å². The maximum absolute atomic E-state index is 11.6. The molecule has 1 heterocycles. The van der Waals surface area contributed by atoms with Gasteiger partial charge in [-0.3, -0.25) is 9.59 Å². The standard InChI is InChI=1S/C12H23N3O3/c1-8(2)11(12(13)17)15-10(16)7-18-9-3-5-14-6-4-9/h8-9,11,14H,3-7H2,1-2H3,(H2,13,17)(H,15,16). The molecule has 1 fully saturated rings.